The van der Waals surface area contributed by atoms with Crippen molar-refractivity contribution in [3.05, 3.63) is 63.1 Å². The summed E-state index contributed by atoms with van der Waals surface area (Å²) in [6.45, 7) is 1.50. The number of aryl methyl sites for hydroxylation is 1. The van der Waals surface area contributed by atoms with Crippen molar-refractivity contribution in [3.63, 3.8) is 0 Å². The number of hydrogen-bond donors (Lipinski definition) is 0. The highest BCUT2D eigenvalue weighted by atomic mass is 35.5. The number of aromatic nitrogens is 1. The first-order valence-electron chi connectivity index (χ1n) is 8.77. The van der Waals surface area contributed by atoms with Crippen LogP contribution in [-0.2, 0) is 24.3 Å². The van der Waals surface area contributed by atoms with E-state index in [1.54, 1.807) is 25.3 Å². The maximum atomic E-state index is 12.7. The van der Waals surface area contributed by atoms with Gasteiger partial charge < -0.3 is 14.1 Å². The minimum atomic E-state index is -0.478. The minimum absolute atomic E-state index is 0.0127. The third-order valence-corrected chi connectivity index (χ3v) is 5.19. The zero-order valence-corrected chi connectivity index (χ0v) is 15.7. The number of carbonyl (C=O) groups excluding carboxylic acids is 1. The van der Waals surface area contributed by atoms with Crippen LogP contribution >= 0.6 is 11.6 Å². The average molecular weight is 387 g/mol. The molecule has 0 fully saturated rings. The number of benzene rings is 2. The van der Waals surface area contributed by atoms with E-state index in [1.807, 2.05) is 17.0 Å². The number of rotatable bonds is 4. The van der Waals surface area contributed by atoms with Gasteiger partial charge in [-0.3, -0.25) is 9.36 Å². The van der Waals surface area contributed by atoms with Crippen molar-refractivity contribution in [2.24, 2.45) is 0 Å². The third kappa shape index (κ3) is 3.45. The number of carbonyl (C=O) groups is 1. The third-order valence-electron chi connectivity index (χ3n) is 4.96. The van der Waals surface area contributed by atoms with Crippen LogP contribution in [0.15, 0.2) is 45.6 Å². The van der Waals surface area contributed by atoms with Crippen molar-refractivity contribution in [1.29, 1.82) is 0 Å². The van der Waals surface area contributed by atoms with Gasteiger partial charge in [0.1, 0.15) is 5.75 Å². The minimum Gasteiger partial charge on any atom is -0.497 e. The van der Waals surface area contributed by atoms with Gasteiger partial charge in [0.25, 0.3) is 0 Å². The molecule has 0 N–H and O–H groups in total. The Labute approximate surface area is 160 Å². The van der Waals surface area contributed by atoms with E-state index in [0.717, 1.165) is 17.7 Å². The predicted molar refractivity (Wildman–Crippen MR) is 102 cm³/mol. The molecule has 1 aliphatic heterocycles. The molecule has 0 aliphatic carbocycles. The molecule has 0 bridgehead atoms. The Morgan fingerprint density at radius 3 is 2.89 bits per heavy atom. The fourth-order valence-corrected chi connectivity index (χ4v) is 3.65. The fourth-order valence-electron chi connectivity index (χ4n) is 3.49. The van der Waals surface area contributed by atoms with Crippen molar-refractivity contribution in [1.82, 2.24) is 9.47 Å². The lowest BCUT2D eigenvalue weighted by Gasteiger charge is -2.29. The molecule has 3 aromatic rings. The van der Waals surface area contributed by atoms with Crippen LogP contribution in [0.2, 0.25) is 5.02 Å². The Kier molecular flexibility index (Phi) is 4.66. The second-order valence-electron chi connectivity index (χ2n) is 6.58. The highest BCUT2D eigenvalue weighted by molar-refractivity contribution is 6.31. The molecule has 27 heavy (non-hydrogen) atoms. The summed E-state index contributed by atoms with van der Waals surface area (Å²) in [6.07, 6.45) is 1.05. The molecule has 0 spiro atoms. The predicted octanol–water partition coefficient (Wildman–Crippen LogP) is 3.23. The Bertz CT molecular complexity index is 1070. The van der Waals surface area contributed by atoms with Crippen LogP contribution in [0.25, 0.3) is 11.1 Å². The van der Waals surface area contributed by atoms with E-state index >= 15 is 0 Å². The molecule has 6 nitrogen and oxygen atoms in total. The van der Waals surface area contributed by atoms with Gasteiger partial charge in [0.2, 0.25) is 5.91 Å². The standard InChI is InChI=1S/C20H19ClN2O4/c1-26-16-4-2-13-6-8-22(12-14(13)10-16)19(24)7-9-23-17-5-3-15(21)11-18(17)27-20(23)25/h2-5,10-11H,6-9,12H2,1H3. The summed E-state index contributed by atoms with van der Waals surface area (Å²) >= 11 is 5.93. The van der Waals surface area contributed by atoms with Gasteiger partial charge >= 0.3 is 5.76 Å². The molecule has 1 aromatic heterocycles. The van der Waals surface area contributed by atoms with Gasteiger partial charge in [0.15, 0.2) is 5.58 Å². The molecule has 7 heteroatoms. The summed E-state index contributed by atoms with van der Waals surface area (Å²) in [5.41, 5.74) is 3.42. The molecule has 1 amide bonds. The molecule has 0 atom stereocenters. The van der Waals surface area contributed by atoms with E-state index in [-0.39, 0.29) is 18.9 Å². The van der Waals surface area contributed by atoms with Crippen molar-refractivity contribution >= 4 is 28.6 Å². The number of fused-ring (bicyclic) bond motifs is 2. The largest absolute Gasteiger partial charge is 0.497 e. The second-order valence-corrected chi connectivity index (χ2v) is 7.02. The van der Waals surface area contributed by atoms with Crippen molar-refractivity contribution in [3.8, 4) is 5.75 Å². The summed E-state index contributed by atoms with van der Waals surface area (Å²) in [5.74, 6) is 0.325. The Hall–Kier alpha value is -2.73. The zero-order chi connectivity index (χ0) is 19.0. The normalized spacial score (nSPS) is 13.6. The van der Waals surface area contributed by atoms with Gasteiger partial charge in [-0.1, -0.05) is 17.7 Å². The molecule has 0 saturated carbocycles. The summed E-state index contributed by atoms with van der Waals surface area (Å²) in [6, 6.07) is 11.0. The number of nitrogens with zero attached hydrogens (tertiary/aromatic N) is 2. The van der Waals surface area contributed by atoms with Crippen LogP contribution in [-0.4, -0.2) is 29.0 Å². The van der Waals surface area contributed by atoms with Crippen LogP contribution in [0.1, 0.15) is 17.5 Å². The number of oxazole rings is 1. The molecule has 1 aliphatic rings. The molecule has 2 heterocycles. The maximum absolute atomic E-state index is 12.7. The molecule has 0 radical (unpaired) electrons. The van der Waals surface area contributed by atoms with E-state index < -0.39 is 5.76 Å². The number of ether oxygens (including phenoxy) is 1. The van der Waals surface area contributed by atoms with Gasteiger partial charge in [0, 0.05) is 37.1 Å². The van der Waals surface area contributed by atoms with Gasteiger partial charge in [-0.05, 0) is 41.8 Å². The number of halogens is 1. The van der Waals surface area contributed by atoms with Gasteiger partial charge in [-0.25, -0.2) is 4.79 Å². The van der Waals surface area contributed by atoms with Crippen molar-refractivity contribution in [2.75, 3.05) is 13.7 Å². The molecule has 0 saturated heterocycles. The summed E-state index contributed by atoms with van der Waals surface area (Å²) in [4.78, 5) is 26.6. The first-order chi connectivity index (χ1) is 13.0. The quantitative estimate of drug-likeness (QED) is 0.690. The van der Waals surface area contributed by atoms with E-state index in [9.17, 15) is 9.59 Å². The fraction of sp³-hybridized carbons (Fsp3) is 0.300. The maximum Gasteiger partial charge on any atom is 0.419 e. The second kappa shape index (κ2) is 7.12. The Morgan fingerprint density at radius 1 is 1.22 bits per heavy atom. The van der Waals surface area contributed by atoms with Crippen LogP contribution in [0, 0.1) is 0 Å². The summed E-state index contributed by atoms with van der Waals surface area (Å²) in [7, 11) is 1.63. The lowest BCUT2D eigenvalue weighted by Crippen LogP contribution is -2.36. The van der Waals surface area contributed by atoms with Gasteiger partial charge in [-0.2, -0.15) is 0 Å². The highest BCUT2D eigenvalue weighted by Gasteiger charge is 2.21. The van der Waals surface area contributed by atoms with E-state index in [2.05, 4.69) is 6.07 Å². The monoisotopic (exact) mass is 386 g/mol. The smallest absolute Gasteiger partial charge is 0.419 e. The number of amides is 1. The number of methoxy groups -OCH3 is 1. The molecular formula is C20H19ClN2O4. The van der Waals surface area contributed by atoms with Crippen LogP contribution in [0.5, 0.6) is 5.75 Å². The Morgan fingerprint density at radius 2 is 2.07 bits per heavy atom. The van der Waals surface area contributed by atoms with Gasteiger partial charge in [0.05, 0.1) is 12.6 Å². The highest BCUT2D eigenvalue weighted by Crippen LogP contribution is 2.24. The van der Waals surface area contributed by atoms with E-state index in [1.165, 1.54) is 10.1 Å². The molecule has 2 aromatic carbocycles. The first kappa shape index (κ1) is 17.7. The van der Waals surface area contributed by atoms with Gasteiger partial charge in [-0.15, -0.1) is 0 Å². The lowest BCUT2D eigenvalue weighted by atomic mass is 9.99. The van der Waals surface area contributed by atoms with Crippen molar-refractivity contribution < 1.29 is 13.9 Å². The SMILES string of the molecule is COc1ccc2c(c1)CN(C(=O)CCn1c(=O)oc3cc(Cl)ccc31)CC2. The first-order valence-corrected chi connectivity index (χ1v) is 9.15. The topological polar surface area (TPSA) is 64.7 Å². The zero-order valence-electron chi connectivity index (χ0n) is 14.9. The van der Waals surface area contributed by atoms with Crippen molar-refractivity contribution in [2.45, 2.75) is 25.9 Å². The summed E-state index contributed by atoms with van der Waals surface area (Å²) in [5, 5.41) is 0.502. The van der Waals surface area contributed by atoms with Crippen LogP contribution < -0.4 is 10.5 Å². The Balaban J connectivity index is 1.47. The van der Waals surface area contributed by atoms with Crippen LogP contribution in [0.4, 0.5) is 0 Å². The van der Waals surface area contributed by atoms with E-state index in [0.29, 0.717) is 29.2 Å². The lowest BCUT2D eigenvalue weighted by molar-refractivity contribution is -0.132. The summed E-state index contributed by atoms with van der Waals surface area (Å²) < 4.78 is 12.0. The average Bonchev–Trinajstić information content (AvgIpc) is 2.99. The number of hydrogen-bond acceptors (Lipinski definition) is 4. The molecule has 140 valence electrons. The molecule has 0 unspecified atom stereocenters. The molecule has 4 rings (SSSR count). The molecular weight excluding hydrogens is 368 g/mol. The van der Waals surface area contributed by atoms with Crippen LogP contribution in [0.3, 0.4) is 0 Å². The van der Waals surface area contributed by atoms with E-state index in [4.69, 9.17) is 20.8 Å².